The third kappa shape index (κ3) is 5.12. The molecular weight excluding hydrogens is 631 g/mol. The molecule has 1 aromatic heterocycles. The molecule has 16 radical (unpaired) electrons. The Kier molecular flexibility index (Phi) is 7.97. The third-order valence-corrected chi connectivity index (χ3v) is 10.5. The van der Waals surface area contributed by atoms with Crippen LogP contribution in [0.1, 0.15) is 0 Å². The van der Waals surface area contributed by atoms with Crippen LogP contribution in [-0.2, 0) is 0 Å². The van der Waals surface area contributed by atoms with Crippen molar-refractivity contribution >= 4 is 150 Å². The second kappa shape index (κ2) is 12.6. The molecule has 9 heteroatoms. The van der Waals surface area contributed by atoms with Gasteiger partial charge in [0, 0.05) is 10.8 Å². The summed E-state index contributed by atoms with van der Waals surface area (Å²) in [5, 5.41) is 4.14. The standard InChI is InChI=1S/C44H20B8O/c45-37-33-31(25-16-14-24(15-17-25)23-12-10-22(11-13-23)21-6-2-1-3-7-21)34-36(40(48)44(52)42(50)38(34)46)32(35(33)39(47)43(51)41(37)49)26-18-19-30-28(20-26)27-8-4-5-9-29(27)53-30/h1-20H. The maximum Gasteiger partial charge on any atom is 0.135 e. The second-order valence-corrected chi connectivity index (χ2v) is 13.4. The van der Waals surface area contributed by atoms with Crippen LogP contribution in [0.3, 0.4) is 0 Å². The summed E-state index contributed by atoms with van der Waals surface area (Å²) in [5.41, 5.74) is 10.4. The molecule has 0 saturated carbocycles. The molecule has 226 valence electrons. The van der Waals surface area contributed by atoms with Gasteiger partial charge in [-0.3, -0.25) is 0 Å². The molecule has 0 aliphatic carbocycles. The van der Waals surface area contributed by atoms with Crippen molar-refractivity contribution in [1.29, 1.82) is 0 Å². The van der Waals surface area contributed by atoms with E-state index in [1.165, 1.54) is 0 Å². The van der Waals surface area contributed by atoms with Crippen molar-refractivity contribution in [2.75, 3.05) is 0 Å². The third-order valence-electron chi connectivity index (χ3n) is 10.5. The summed E-state index contributed by atoms with van der Waals surface area (Å²) in [6.07, 6.45) is 0. The predicted octanol–water partition coefficient (Wildman–Crippen LogP) is 2.91. The summed E-state index contributed by atoms with van der Waals surface area (Å²) in [6.45, 7) is 0. The first-order chi connectivity index (χ1) is 25.6. The Morgan fingerprint density at radius 2 is 0.642 bits per heavy atom. The van der Waals surface area contributed by atoms with Gasteiger partial charge in [-0.2, -0.15) is 0 Å². The van der Waals surface area contributed by atoms with E-state index in [0.29, 0.717) is 32.7 Å². The van der Waals surface area contributed by atoms with Gasteiger partial charge in [0.1, 0.15) is 73.9 Å². The molecule has 0 saturated heterocycles. The van der Waals surface area contributed by atoms with Gasteiger partial charge < -0.3 is 4.42 Å². The first kappa shape index (κ1) is 33.4. The highest BCUT2D eigenvalue weighted by Gasteiger charge is 2.25. The maximum atomic E-state index is 6.95. The van der Waals surface area contributed by atoms with Crippen LogP contribution in [0.5, 0.6) is 0 Å². The molecule has 53 heavy (non-hydrogen) atoms. The number of benzene rings is 8. The average molecular weight is 651 g/mol. The fourth-order valence-corrected chi connectivity index (χ4v) is 7.72. The number of para-hydroxylation sites is 1. The minimum atomic E-state index is 0.167. The Morgan fingerprint density at radius 3 is 1.13 bits per heavy atom. The van der Waals surface area contributed by atoms with Crippen LogP contribution >= 0.6 is 0 Å². The highest BCUT2D eigenvalue weighted by Crippen LogP contribution is 2.42. The van der Waals surface area contributed by atoms with Gasteiger partial charge >= 0.3 is 0 Å². The van der Waals surface area contributed by atoms with Crippen LogP contribution in [0, 0.1) is 0 Å². The molecule has 1 heterocycles. The molecule has 0 atom stereocenters. The molecule has 0 spiro atoms. The summed E-state index contributed by atoms with van der Waals surface area (Å²) < 4.78 is 6.16. The number of hydrogen-bond acceptors (Lipinski definition) is 1. The minimum Gasteiger partial charge on any atom is -0.456 e. The van der Waals surface area contributed by atoms with Gasteiger partial charge in [0.15, 0.2) is 0 Å². The first-order valence-corrected chi connectivity index (χ1v) is 17.1. The fourth-order valence-electron chi connectivity index (χ4n) is 7.72. The lowest BCUT2D eigenvalue weighted by atomic mass is 9.59. The van der Waals surface area contributed by atoms with Crippen LogP contribution in [0.4, 0.5) is 0 Å². The molecule has 9 rings (SSSR count). The van der Waals surface area contributed by atoms with Gasteiger partial charge in [0.2, 0.25) is 0 Å². The Morgan fingerprint density at radius 1 is 0.283 bits per heavy atom. The van der Waals surface area contributed by atoms with Crippen molar-refractivity contribution < 1.29 is 4.42 Å². The van der Waals surface area contributed by atoms with Gasteiger partial charge in [0.05, 0.1) is 0 Å². The molecule has 0 amide bonds. The zero-order valence-corrected chi connectivity index (χ0v) is 28.6. The molecule has 8 aromatic carbocycles. The highest BCUT2D eigenvalue weighted by molar-refractivity contribution is 6.71. The Labute approximate surface area is 318 Å². The van der Waals surface area contributed by atoms with Gasteiger partial charge in [-0.25, -0.2) is 0 Å². The van der Waals surface area contributed by atoms with Crippen LogP contribution < -0.4 is 43.7 Å². The van der Waals surface area contributed by atoms with Crippen LogP contribution in [-0.4, -0.2) is 62.8 Å². The largest absolute Gasteiger partial charge is 0.456 e. The van der Waals surface area contributed by atoms with E-state index < -0.39 is 0 Å². The van der Waals surface area contributed by atoms with Gasteiger partial charge in [0.25, 0.3) is 0 Å². The summed E-state index contributed by atoms with van der Waals surface area (Å²) in [5.74, 6) is 0. The Bertz CT molecular complexity index is 2870. The van der Waals surface area contributed by atoms with Crippen molar-refractivity contribution in [3.63, 3.8) is 0 Å². The molecule has 0 aliphatic rings. The maximum absolute atomic E-state index is 6.95. The average Bonchev–Trinajstić information content (AvgIpc) is 3.58. The lowest BCUT2D eigenvalue weighted by Gasteiger charge is -2.28. The summed E-state index contributed by atoms with van der Waals surface area (Å²) in [7, 11) is 54.1. The molecule has 0 unspecified atom stereocenters. The quantitative estimate of drug-likeness (QED) is 0.211. The number of rotatable bonds is 4. The van der Waals surface area contributed by atoms with Crippen molar-refractivity contribution in [3.05, 3.63) is 121 Å². The zero-order chi connectivity index (χ0) is 36.7. The normalized spacial score (nSPS) is 11.6. The predicted molar refractivity (Wildman–Crippen MR) is 234 cm³/mol. The lowest BCUT2D eigenvalue weighted by molar-refractivity contribution is 0.669. The van der Waals surface area contributed by atoms with E-state index in [4.69, 9.17) is 67.2 Å². The molecule has 0 N–H and O–H groups in total. The molecule has 1 nitrogen and oxygen atoms in total. The van der Waals surface area contributed by atoms with Crippen LogP contribution in [0.15, 0.2) is 126 Å². The van der Waals surface area contributed by atoms with E-state index in [-0.39, 0.29) is 43.7 Å². The molecular formula is C44H20B8O. The monoisotopic (exact) mass is 652 g/mol. The molecule has 9 aromatic rings. The summed E-state index contributed by atoms with van der Waals surface area (Å²) >= 11 is 0. The van der Waals surface area contributed by atoms with Gasteiger partial charge in [-0.1, -0.05) is 125 Å². The van der Waals surface area contributed by atoms with Crippen molar-refractivity contribution in [2.24, 2.45) is 0 Å². The smallest absolute Gasteiger partial charge is 0.135 e. The van der Waals surface area contributed by atoms with E-state index in [1.807, 2.05) is 72.8 Å². The van der Waals surface area contributed by atoms with E-state index in [9.17, 15) is 0 Å². The van der Waals surface area contributed by atoms with E-state index in [0.717, 1.165) is 55.3 Å². The number of hydrogen-bond donors (Lipinski definition) is 0. The van der Waals surface area contributed by atoms with Crippen LogP contribution in [0.25, 0.3) is 88.0 Å². The first-order valence-electron chi connectivity index (χ1n) is 17.1. The Balaban J connectivity index is 1.35. The van der Waals surface area contributed by atoms with Crippen molar-refractivity contribution in [3.8, 4) is 44.5 Å². The number of furan rings is 1. The molecule has 0 fully saturated rings. The second-order valence-electron chi connectivity index (χ2n) is 13.4. The van der Waals surface area contributed by atoms with E-state index >= 15 is 0 Å². The summed E-state index contributed by atoms with van der Waals surface area (Å²) in [4.78, 5) is 0. The molecule has 0 aliphatic heterocycles. The lowest BCUT2D eigenvalue weighted by Crippen LogP contribution is -2.50. The minimum absolute atomic E-state index is 0.167. The zero-order valence-electron chi connectivity index (χ0n) is 28.6. The molecule has 0 bridgehead atoms. The van der Waals surface area contributed by atoms with E-state index in [1.54, 1.807) is 0 Å². The van der Waals surface area contributed by atoms with Gasteiger partial charge in [-0.05, 0) is 84.3 Å². The van der Waals surface area contributed by atoms with Crippen molar-refractivity contribution in [2.45, 2.75) is 0 Å². The SMILES string of the molecule is [B]c1c([B])c([B])c2c(-c3ccc4oc5ccccc5c4c3)c3c([B])c([B])c([B])c([B])c3c(-c3ccc(-c4ccc(-c5ccccc5)cc4)cc3)c2c1[B]. The Hall–Kier alpha value is -5.40. The van der Waals surface area contributed by atoms with E-state index in [2.05, 4.69) is 48.5 Å². The van der Waals surface area contributed by atoms with Crippen LogP contribution in [0.2, 0.25) is 0 Å². The fraction of sp³-hybridized carbons (Fsp3) is 0. The summed E-state index contributed by atoms with van der Waals surface area (Å²) in [6, 6.07) is 40.6. The highest BCUT2D eigenvalue weighted by atomic mass is 16.3. The van der Waals surface area contributed by atoms with Crippen molar-refractivity contribution in [1.82, 2.24) is 0 Å². The number of fused-ring (bicyclic) bond motifs is 5. The topological polar surface area (TPSA) is 13.1 Å². The van der Waals surface area contributed by atoms with Gasteiger partial charge in [-0.15, -0.1) is 21.9 Å².